The van der Waals surface area contributed by atoms with E-state index in [4.69, 9.17) is 0 Å². The highest BCUT2D eigenvalue weighted by Gasteiger charge is 2.19. The fourth-order valence-corrected chi connectivity index (χ4v) is 3.74. The van der Waals surface area contributed by atoms with Crippen LogP contribution in [0.1, 0.15) is 5.56 Å². The lowest BCUT2D eigenvalue weighted by Gasteiger charge is -2.07. The molecule has 20 heavy (non-hydrogen) atoms. The van der Waals surface area contributed by atoms with Gasteiger partial charge >= 0.3 is 0 Å². The molecule has 0 aliphatic heterocycles. The summed E-state index contributed by atoms with van der Waals surface area (Å²) in [7, 11) is -3.62. The van der Waals surface area contributed by atoms with Gasteiger partial charge in [0.1, 0.15) is 11.8 Å². The van der Waals surface area contributed by atoms with Crippen LogP contribution < -0.4 is 0 Å². The van der Waals surface area contributed by atoms with Gasteiger partial charge in [0.2, 0.25) is 0 Å². The Hall–Kier alpha value is -1.66. The lowest BCUT2D eigenvalue weighted by atomic mass is 10.2. The van der Waals surface area contributed by atoms with Crippen molar-refractivity contribution in [2.24, 2.45) is 0 Å². The van der Waals surface area contributed by atoms with Crippen LogP contribution in [0, 0.1) is 6.92 Å². The first-order valence-electron chi connectivity index (χ1n) is 5.94. The van der Waals surface area contributed by atoms with Gasteiger partial charge < -0.3 is 0 Å². The molecule has 0 spiro atoms. The fraction of sp³-hybridized carbons (Fsp3) is 0.0714. The van der Waals surface area contributed by atoms with Crippen molar-refractivity contribution >= 4 is 37.0 Å². The number of imidazole rings is 1. The molecular formula is C14H11BrN2O2S. The van der Waals surface area contributed by atoms with E-state index in [1.807, 2.05) is 13.0 Å². The number of hydrogen-bond acceptors (Lipinski definition) is 3. The maximum Gasteiger partial charge on any atom is 0.269 e. The molecular weight excluding hydrogens is 340 g/mol. The van der Waals surface area contributed by atoms with Crippen molar-refractivity contribution in [3.8, 4) is 0 Å². The molecule has 3 aromatic rings. The average molecular weight is 351 g/mol. The third-order valence-corrected chi connectivity index (χ3v) is 5.39. The van der Waals surface area contributed by atoms with Crippen LogP contribution in [0.3, 0.4) is 0 Å². The number of fused-ring (bicyclic) bond motifs is 1. The molecule has 0 bridgehead atoms. The van der Waals surface area contributed by atoms with Crippen molar-refractivity contribution in [3.63, 3.8) is 0 Å². The van der Waals surface area contributed by atoms with Gasteiger partial charge in [0.25, 0.3) is 10.0 Å². The highest BCUT2D eigenvalue weighted by atomic mass is 79.9. The molecule has 0 radical (unpaired) electrons. The van der Waals surface area contributed by atoms with Crippen LogP contribution in [0.5, 0.6) is 0 Å². The van der Waals surface area contributed by atoms with Crippen LogP contribution in [-0.2, 0) is 10.0 Å². The Kier molecular flexibility index (Phi) is 3.14. The van der Waals surface area contributed by atoms with Crippen LogP contribution in [0.2, 0.25) is 0 Å². The van der Waals surface area contributed by atoms with Gasteiger partial charge in [-0.2, -0.15) is 0 Å². The maximum absolute atomic E-state index is 12.6. The Morgan fingerprint density at radius 3 is 2.50 bits per heavy atom. The van der Waals surface area contributed by atoms with Crippen LogP contribution in [0.4, 0.5) is 0 Å². The number of rotatable bonds is 2. The van der Waals surface area contributed by atoms with E-state index in [-0.39, 0.29) is 4.90 Å². The largest absolute Gasteiger partial charge is 0.269 e. The van der Waals surface area contributed by atoms with Gasteiger partial charge in [0.05, 0.1) is 10.4 Å². The van der Waals surface area contributed by atoms with E-state index in [0.29, 0.717) is 11.0 Å². The van der Waals surface area contributed by atoms with Crippen LogP contribution in [0.15, 0.2) is 58.2 Å². The molecule has 1 aromatic heterocycles. The van der Waals surface area contributed by atoms with E-state index in [0.717, 1.165) is 10.0 Å². The summed E-state index contributed by atoms with van der Waals surface area (Å²) in [5.74, 6) is 0. The van der Waals surface area contributed by atoms with Crippen LogP contribution in [0.25, 0.3) is 11.0 Å². The highest BCUT2D eigenvalue weighted by molar-refractivity contribution is 9.10. The Morgan fingerprint density at radius 1 is 1.10 bits per heavy atom. The topological polar surface area (TPSA) is 52.0 Å². The molecule has 0 amide bonds. The second-order valence-electron chi connectivity index (χ2n) is 4.47. The number of para-hydroxylation sites is 1. The molecule has 0 aliphatic carbocycles. The molecule has 0 unspecified atom stereocenters. The minimum absolute atomic E-state index is 0.252. The summed E-state index contributed by atoms with van der Waals surface area (Å²) in [6.45, 7) is 1.92. The molecule has 2 aromatic carbocycles. The van der Waals surface area contributed by atoms with E-state index in [9.17, 15) is 8.42 Å². The minimum Gasteiger partial charge on any atom is -0.234 e. The van der Waals surface area contributed by atoms with Crippen LogP contribution >= 0.6 is 15.9 Å². The van der Waals surface area contributed by atoms with Gasteiger partial charge in [-0.15, -0.1) is 0 Å². The van der Waals surface area contributed by atoms with Crippen molar-refractivity contribution in [2.75, 3.05) is 0 Å². The Labute approximate surface area is 125 Å². The zero-order valence-corrected chi connectivity index (χ0v) is 13.0. The van der Waals surface area contributed by atoms with E-state index < -0.39 is 10.0 Å². The van der Waals surface area contributed by atoms with Crippen molar-refractivity contribution in [1.29, 1.82) is 0 Å². The smallest absolute Gasteiger partial charge is 0.234 e. The lowest BCUT2D eigenvalue weighted by molar-refractivity contribution is 0.588. The van der Waals surface area contributed by atoms with Crippen LogP contribution in [-0.4, -0.2) is 17.4 Å². The average Bonchev–Trinajstić information content (AvgIpc) is 2.85. The summed E-state index contributed by atoms with van der Waals surface area (Å²) in [6.07, 6.45) is 1.34. The summed E-state index contributed by atoms with van der Waals surface area (Å²) in [5.41, 5.74) is 2.20. The van der Waals surface area contributed by atoms with E-state index in [2.05, 4.69) is 20.9 Å². The Balaban J connectivity index is 2.24. The summed E-state index contributed by atoms with van der Waals surface area (Å²) in [4.78, 5) is 4.42. The molecule has 0 atom stereocenters. The van der Waals surface area contributed by atoms with Crippen molar-refractivity contribution in [1.82, 2.24) is 8.96 Å². The molecule has 102 valence electrons. The molecule has 1 heterocycles. The van der Waals surface area contributed by atoms with Crippen molar-refractivity contribution in [3.05, 3.63) is 58.8 Å². The normalized spacial score (nSPS) is 11.9. The van der Waals surface area contributed by atoms with E-state index in [1.54, 1.807) is 36.4 Å². The van der Waals surface area contributed by atoms with Crippen molar-refractivity contribution in [2.45, 2.75) is 11.8 Å². The molecule has 0 N–H and O–H groups in total. The number of hydrogen-bond donors (Lipinski definition) is 0. The first kappa shape index (κ1) is 13.3. The number of halogens is 1. The first-order chi connectivity index (χ1) is 9.50. The molecule has 6 heteroatoms. The Morgan fingerprint density at radius 2 is 1.80 bits per heavy atom. The van der Waals surface area contributed by atoms with Gasteiger partial charge in [-0.25, -0.2) is 17.4 Å². The highest BCUT2D eigenvalue weighted by Crippen LogP contribution is 2.25. The number of aromatic nitrogens is 2. The predicted octanol–water partition coefficient (Wildman–Crippen LogP) is 3.34. The second-order valence-corrected chi connectivity index (χ2v) is 7.14. The lowest BCUT2D eigenvalue weighted by Crippen LogP contribution is -2.11. The molecule has 4 nitrogen and oxygen atoms in total. The molecule has 0 fully saturated rings. The standard InChI is InChI=1S/C14H11BrN2O2S/c1-10-5-7-11(8-6-10)20(18,19)17-9-16-14-12(15)3-2-4-13(14)17/h2-9H,1H3. The van der Waals surface area contributed by atoms with Crippen molar-refractivity contribution < 1.29 is 8.42 Å². The number of aryl methyl sites for hydroxylation is 1. The predicted molar refractivity (Wildman–Crippen MR) is 81.2 cm³/mol. The summed E-state index contributed by atoms with van der Waals surface area (Å²) in [5, 5.41) is 0. The summed E-state index contributed by atoms with van der Waals surface area (Å²) in [6, 6.07) is 12.1. The van der Waals surface area contributed by atoms with Gasteiger partial charge in [-0.05, 0) is 47.1 Å². The van der Waals surface area contributed by atoms with Gasteiger partial charge in [0, 0.05) is 4.47 Å². The molecule has 0 saturated heterocycles. The van der Waals surface area contributed by atoms with Gasteiger partial charge in [-0.1, -0.05) is 23.8 Å². The third kappa shape index (κ3) is 2.05. The van der Waals surface area contributed by atoms with Gasteiger partial charge in [-0.3, -0.25) is 0 Å². The minimum atomic E-state index is -3.62. The zero-order chi connectivity index (χ0) is 14.3. The van der Waals surface area contributed by atoms with Gasteiger partial charge in [0.15, 0.2) is 0 Å². The monoisotopic (exact) mass is 350 g/mol. The maximum atomic E-state index is 12.6. The summed E-state index contributed by atoms with van der Waals surface area (Å²) >= 11 is 3.37. The third-order valence-electron chi connectivity index (χ3n) is 3.07. The molecule has 3 rings (SSSR count). The van der Waals surface area contributed by atoms with E-state index in [1.165, 1.54) is 10.3 Å². The zero-order valence-electron chi connectivity index (χ0n) is 10.6. The number of benzene rings is 2. The van der Waals surface area contributed by atoms with E-state index >= 15 is 0 Å². The SMILES string of the molecule is Cc1ccc(S(=O)(=O)n2cnc3c(Br)cccc32)cc1. The summed E-state index contributed by atoms with van der Waals surface area (Å²) < 4.78 is 27.3. The second kappa shape index (κ2) is 4.71. The molecule has 0 saturated carbocycles. The first-order valence-corrected chi connectivity index (χ1v) is 8.17. The fourth-order valence-electron chi connectivity index (χ4n) is 2.00. The number of nitrogens with zero attached hydrogens (tertiary/aromatic N) is 2. The Bertz CT molecular complexity index is 883. The molecule has 0 aliphatic rings. The quantitative estimate of drug-likeness (QED) is 0.712.